The van der Waals surface area contributed by atoms with Gasteiger partial charge in [0.1, 0.15) is 11.5 Å². The predicted molar refractivity (Wildman–Crippen MR) is 52.9 cm³/mol. The van der Waals surface area contributed by atoms with Gasteiger partial charge in [-0.2, -0.15) is 4.98 Å². The lowest BCUT2D eigenvalue weighted by atomic mass is 10.3. The van der Waals surface area contributed by atoms with Crippen molar-refractivity contribution in [1.82, 2.24) is 15.1 Å². The lowest BCUT2D eigenvalue weighted by Gasteiger charge is -1.91. The molecule has 0 spiro atoms. The molecule has 0 aromatic carbocycles. The molecule has 2 rings (SSSR count). The highest BCUT2D eigenvalue weighted by atomic mass is 19.1. The van der Waals surface area contributed by atoms with Crippen LogP contribution in [0.25, 0.3) is 11.5 Å². The Morgan fingerprint density at radius 3 is 2.94 bits per heavy atom. The van der Waals surface area contributed by atoms with Gasteiger partial charge in [0, 0.05) is 13.0 Å². The van der Waals surface area contributed by atoms with Gasteiger partial charge >= 0.3 is 0 Å². The summed E-state index contributed by atoms with van der Waals surface area (Å²) in [5.41, 5.74) is 0.459. The van der Waals surface area contributed by atoms with Crippen molar-refractivity contribution in [3.63, 3.8) is 0 Å². The SMILES string of the molecule is OCCCc1nc(-c2ccc(F)cn2)no1. The number of halogens is 1. The van der Waals surface area contributed by atoms with Crippen LogP contribution in [-0.4, -0.2) is 26.8 Å². The van der Waals surface area contributed by atoms with E-state index in [1.165, 1.54) is 12.1 Å². The van der Waals surface area contributed by atoms with Crippen LogP contribution in [0.4, 0.5) is 4.39 Å². The number of hydrogen-bond acceptors (Lipinski definition) is 5. The third-order valence-corrected chi connectivity index (χ3v) is 1.97. The first kappa shape index (κ1) is 10.7. The quantitative estimate of drug-likeness (QED) is 0.843. The minimum absolute atomic E-state index is 0.0759. The first-order chi connectivity index (χ1) is 7.79. The zero-order valence-corrected chi connectivity index (χ0v) is 8.43. The minimum atomic E-state index is -0.409. The fourth-order valence-corrected chi connectivity index (χ4v) is 1.20. The molecule has 2 aromatic heterocycles. The van der Waals surface area contributed by atoms with Gasteiger partial charge in [-0.1, -0.05) is 5.16 Å². The van der Waals surface area contributed by atoms with Gasteiger partial charge in [-0.25, -0.2) is 9.37 Å². The average molecular weight is 223 g/mol. The Morgan fingerprint density at radius 2 is 2.25 bits per heavy atom. The third-order valence-electron chi connectivity index (χ3n) is 1.97. The molecule has 0 aliphatic carbocycles. The molecule has 1 N–H and O–H groups in total. The van der Waals surface area contributed by atoms with Crippen LogP contribution in [0.15, 0.2) is 22.9 Å². The van der Waals surface area contributed by atoms with Crippen molar-refractivity contribution in [3.05, 3.63) is 30.0 Å². The van der Waals surface area contributed by atoms with Crippen molar-refractivity contribution in [2.24, 2.45) is 0 Å². The van der Waals surface area contributed by atoms with Crippen LogP contribution in [-0.2, 0) is 6.42 Å². The van der Waals surface area contributed by atoms with E-state index >= 15 is 0 Å². The van der Waals surface area contributed by atoms with E-state index in [1.54, 1.807) is 0 Å². The molecule has 0 radical (unpaired) electrons. The van der Waals surface area contributed by atoms with Crippen LogP contribution >= 0.6 is 0 Å². The van der Waals surface area contributed by atoms with Crippen molar-refractivity contribution in [2.75, 3.05) is 6.61 Å². The van der Waals surface area contributed by atoms with Crippen LogP contribution in [0.3, 0.4) is 0 Å². The van der Waals surface area contributed by atoms with E-state index < -0.39 is 5.82 Å². The summed E-state index contributed by atoms with van der Waals surface area (Å²) in [5, 5.41) is 12.4. The summed E-state index contributed by atoms with van der Waals surface area (Å²) in [6, 6.07) is 2.77. The maximum Gasteiger partial charge on any atom is 0.227 e. The predicted octanol–water partition coefficient (Wildman–Crippen LogP) is 1.20. The molecule has 2 aromatic rings. The molecule has 2 heterocycles. The Morgan fingerprint density at radius 1 is 1.38 bits per heavy atom. The Bertz CT molecular complexity index is 455. The molecule has 0 saturated heterocycles. The minimum Gasteiger partial charge on any atom is -0.396 e. The number of nitrogens with zero attached hydrogens (tertiary/aromatic N) is 3. The summed E-state index contributed by atoms with van der Waals surface area (Å²) < 4.78 is 17.6. The normalized spacial score (nSPS) is 10.6. The molecule has 84 valence electrons. The standard InChI is InChI=1S/C10H10FN3O2/c11-7-3-4-8(12-6-7)10-13-9(16-14-10)2-1-5-15/h3-4,6,15H,1-2,5H2. The number of pyridine rings is 1. The highest BCUT2D eigenvalue weighted by Gasteiger charge is 2.09. The molecule has 0 unspecified atom stereocenters. The van der Waals surface area contributed by atoms with Gasteiger partial charge in [0.2, 0.25) is 11.7 Å². The van der Waals surface area contributed by atoms with Gasteiger partial charge in [0.05, 0.1) is 6.20 Å². The van der Waals surface area contributed by atoms with Crippen LogP contribution < -0.4 is 0 Å². The van der Waals surface area contributed by atoms with Crippen molar-refractivity contribution < 1.29 is 14.0 Å². The van der Waals surface area contributed by atoms with Gasteiger partial charge in [-0.3, -0.25) is 0 Å². The van der Waals surface area contributed by atoms with E-state index in [0.717, 1.165) is 6.20 Å². The van der Waals surface area contributed by atoms with Gasteiger partial charge in [0.25, 0.3) is 0 Å². The number of rotatable bonds is 4. The molecule has 0 amide bonds. The molecule has 0 saturated carbocycles. The van der Waals surface area contributed by atoms with Crippen molar-refractivity contribution >= 4 is 0 Å². The van der Waals surface area contributed by atoms with Crippen LogP contribution in [0.1, 0.15) is 12.3 Å². The molecule has 0 atom stereocenters. The first-order valence-corrected chi connectivity index (χ1v) is 4.85. The zero-order chi connectivity index (χ0) is 11.4. The number of aromatic nitrogens is 3. The van der Waals surface area contributed by atoms with E-state index in [2.05, 4.69) is 15.1 Å². The summed E-state index contributed by atoms with van der Waals surface area (Å²) in [4.78, 5) is 7.91. The Balaban J connectivity index is 2.15. The molecule has 0 bridgehead atoms. The fourth-order valence-electron chi connectivity index (χ4n) is 1.20. The highest BCUT2D eigenvalue weighted by molar-refractivity contribution is 5.47. The van der Waals surface area contributed by atoms with Crippen molar-refractivity contribution in [3.8, 4) is 11.5 Å². The lowest BCUT2D eigenvalue weighted by Crippen LogP contribution is -1.90. The molecular formula is C10H10FN3O2. The Kier molecular flexibility index (Phi) is 3.21. The van der Waals surface area contributed by atoms with Crippen LogP contribution in [0.5, 0.6) is 0 Å². The topological polar surface area (TPSA) is 72.0 Å². The van der Waals surface area contributed by atoms with Crippen LogP contribution in [0, 0.1) is 5.82 Å². The number of hydrogen-bond donors (Lipinski definition) is 1. The first-order valence-electron chi connectivity index (χ1n) is 4.85. The van der Waals surface area contributed by atoms with Gasteiger partial charge in [-0.15, -0.1) is 0 Å². The second-order valence-corrected chi connectivity index (χ2v) is 3.20. The summed E-state index contributed by atoms with van der Waals surface area (Å²) in [6.07, 6.45) is 2.18. The summed E-state index contributed by atoms with van der Waals surface area (Å²) in [7, 11) is 0. The average Bonchev–Trinajstić information content (AvgIpc) is 2.76. The maximum atomic E-state index is 12.6. The number of aryl methyl sites for hydroxylation is 1. The van der Waals surface area contributed by atoms with Gasteiger partial charge in [0.15, 0.2) is 0 Å². The van der Waals surface area contributed by atoms with Gasteiger partial charge in [-0.05, 0) is 18.6 Å². The zero-order valence-electron chi connectivity index (χ0n) is 8.43. The fraction of sp³-hybridized carbons (Fsp3) is 0.300. The van der Waals surface area contributed by atoms with Gasteiger partial charge < -0.3 is 9.63 Å². The van der Waals surface area contributed by atoms with Crippen LogP contribution in [0.2, 0.25) is 0 Å². The maximum absolute atomic E-state index is 12.6. The van der Waals surface area contributed by atoms with E-state index in [4.69, 9.17) is 9.63 Å². The molecule has 5 nitrogen and oxygen atoms in total. The van der Waals surface area contributed by atoms with Crippen molar-refractivity contribution in [1.29, 1.82) is 0 Å². The van der Waals surface area contributed by atoms with Crippen molar-refractivity contribution in [2.45, 2.75) is 12.8 Å². The van der Waals surface area contributed by atoms with E-state index in [9.17, 15) is 4.39 Å². The Hall–Kier alpha value is -1.82. The smallest absolute Gasteiger partial charge is 0.227 e. The lowest BCUT2D eigenvalue weighted by molar-refractivity contribution is 0.278. The third kappa shape index (κ3) is 2.40. The second kappa shape index (κ2) is 4.80. The summed E-state index contributed by atoms with van der Waals surface area (Å²) in [5.74, 6) is 0.357. The molecule has 0 aliphatic heterocycles. The molecule has 16 heavy (non-hydrogen) atoms. The Labute approximate surface area is 90.9 Å². The molecule has 6 heteroatoms. The molecule has 0 aliphatic rings. The molecule has 0 fully saturated rings. The number of aliphatic hydroxyl groups is 1. The number of aliphatic hydroxyl groups excluding tert-OH is 1. The monoisotopic (exact) mass is 223 g/mol. The summed E-state index contributed by atoms with van der Waals surface area (Å²) in [6.45, 7) is 0.0759. The highest BCUT2D eigenvalue weighted by Crippen LogP contribution is 2.13. The van der Waals surface area contributed by atoms with E-state index in [1.807, 2.05) is 0 Å². The largest absolute Gasteiger partial charge is 0.396 e. The second-order valence-electron chi connectivity index (χ2n) is 3.20. The van der Waals surface area contributed by atoms with E-state index in [0.29, 0.717) is 30.3 Å². The molecular weight excluding hydrogens is 213 g/mol. The van der Waals surface area contributed by atoms with E-state index in [-0.39, 0.29) is 6.61 Å². The summed E-state index contributed by atoms with van der Waals surface area (Å²) >= 11 is 0.